The van der Waals surface area contributed by atoms with E-state index in [9.17, 15) is 0 Å². The smallest absolute Gasteiger partial charge is 0.106 e. The third-order valence-electron chi connectivity index (χ3n) is 11.3. The van der Waals surface area contributed by atoms with E-state index in [0.29, 0.717) is 0 Å². The molecule has 1 aromatic carbocycles. The molecule has 3 rings (SSSR count). The molecule has 3 aromatic rings. The summed E-state index contributed by atoms with van der Waals surface area (Å²) in [6, 6.07) is 8.72. The predicted octanol–water partition coefficient (Wildman–Crippen LogP) is 15.9. The lowest BCUT2D eigenvalue weighted by atomic mass is 10.00. The number of rotatable bonds is 34. The summed E-state index contributed by atoms with van der Waals surface area (Å²) in [5, 5.41) is 0. The minimum atomic E-state index is 1.03. The van der Waals surface area contributed by atoms with Crippen molar-refractivity contribution in [1.29, 1.82) is 0 Å². The molecule has 2 aromatic heterocycles. The molecule has 0 saturated heterocycles. The lowest BCUT2D eigenvalue weighted by Gasteiger charge is -2.07. The van der Waals surface area contributed by atoms with E-state index >= 15 is 0 Å². The SMILES string of the molecule is CCCCCCCCCCCCCCCCCc1nc(-c2ccccc2-c2nc(CCCCCCCCCCCCCCCCC)[nH]c2C)c(C)[nH]1. The van der Waals surface area contributed by atoms with Gasteiger partial charge in [-0.1, -0.05) is 218 Å². The molecule has 0 atom stereocenters. The Hall–Kier alpha value is -2.36. The van der Waals surface area contributed by atoms with Crippen LogP contribution in [0.1, 0.15) is 230 Å². The Labute approximate surface area is 322 Å². The van der Waals surface area contributed by atoms with E-state index < -0.39 is 0 Å². The number of nitrogens with zero attached hydrogens (tertiary/aromatic N) is 2. The normalized spacial score (nSPS) is 11.6. The molecule has 0 amide bonds. The van der Waals surface area contributed by atoms with Gasteiger partial charge in [0.05, 0.1) is 11.4 Å². The van der Waals surface area contributed by atoms with Crippen molar-refractivity contribution in [2.24, 2.45) is 0 Å². The highest BCUT2D eigenvalue weighted by Crippen LogP contribution is 2.34. The second-order valence-corrected chi connectivity index (χ2v) is 16.3. The minimum Gasteiger partial charge on any atom is -0.346 e. The maximum absolute atomic E-state index is 5.13. The van der Waals surface area contributed by atoms with Crippen LogP contribution in [0.25, 0.3) is 22.5 Å². The Morgan fingerprint density at radius 2 is 0.615 bits per heavy atom. The lowest BCUT2D eigenvalue weighted by Crippen LogP contribution is -1.91. The Morgan fingerprint density at radius 3 is 0.885 bits per heavy atom. The van der Waals surface area contributed by atoms with Crippen LogP contribution in [0.4, 0.5) is 0 Å². The van der Waals surface area contributed by atoms with Crippen LogP contribution in [0, 0.1) is 13.8 Å². The first-order valence-electron chi connectivity index (χ1n) is 22.8. The van der Waals surface area contributed by atoms with Gasteiger partial charge < -0.3 is 9.97 Å². The fourth-order valence-corrected chi connectivity index (χ4v) is 8.03. The number of benzene rings is 1. The standard InChI is InChI=1S/C48H82N4/c1-5-7-9-11-13-15-17-19-21-23-25-27-29-31-33-39-45-49-41(3)47(51-45)43-37-35-36-38-44(43)48-42(4)50-46(52-48)40-34-32-30-28-26-24-22-20-18-16-14-12-10-8-6-2/h35-38H,5-34,39-40H2,1-4H3,(H,49,51)(H,50,52). The summed E-state index contributed by atoms with van der Waals surface area (Å²) in [5.41, 5.74) is 6.86. The van der Waals surface area contributed by atoms with Crippen molar-refractivity contribution in [3.63, 3.8) is 0 Å². The zero-order valence-corrected chi connectivity index (χ0v) is 34.8. The number of H-pyrrole nitrogens is 2. The largest absolute Gasteiger partial charge is 0.346 e. The van der Waals surface area contributed by atoms with E-state index in [1.807, 2.05) is 0 Å². The molecule has 4 nitrogen and oxygen atoms in total. The van der Waals surface area contributed by atoms with E-state index in [0.717, 1.165) is 47.3 Å². The van der Waals surface area contributed by atoms with Crippen LogP contribution < -0.4 is 0 Å². The number of aryl methyl sites for hydroxylation is 4. The summed E-state index contributed by atoms with van der Waals surface area (Å²) in [6.07, 6.45) is 44.0. The van der Waals surface area contributed by atoms with Gasteiger partial charge in [-0.2, -0.15) is 0 Å². The Kier molecular flexibility index (Phi) is 24.6. The Morgan fingerprint density at radius 1 is 0.365 bits per heavy atom. The number of hydrogen-bond donors (Lipinski definition) is 2. The van der Waals surface area contributed by atoms with Crippen molar-refractivity contribution in [2.75, 3.05) is 0 Å². The molecule has 0 aliphatic carbocycles. The topological polar surface area (TPSA) is 57.4 Å². The average molecular weight is 715 g/mol. The van der Waals surface area contributed by atoms with E-state index in [4.69, 9.17) is 9.97 Å². The predicted molar refractivity (Wildman–Crippen MR) is 228 cm³/mol. The van der Waals surface area contributed by atoms with Crippen molar-refractivity contribution in [3.05, 3.63) is 47.3 Å². The molecule has 294 valence electrons. The molecule has 0 unspecified atom stereocenters. The molecule has 0 aliphatic heterocycles. The zero-order chi connectivity index (χ0) is 36.9. The summed E-state index contributed by atoms with van der Waals surface area (Å²) >= 11 is 0. The molecule has 0 radical (unpaired) electrons. The molecule has 0 bridgehead atoms. The molecule has 2 heterocycles. The van der Waals surface area contributed by atoms with Gasteiger partial charge in [-0.05, 0) is 26.7 Å². The van der Waals surface area contributed by atoms with Gasteiger partial charge in [-0.25, -0.2) is 9.97 Å². The van der Waals surface area contributed by atoms with Gasteiger partial charge in [0.2, 0.25) is 0 Å². The molecule has 0 spiro atoms. The van der Waals surface area contributed by atoms with E-state index in [2.05, 4.69) is 61.9 Å². The zero-order valence-electron chi connectivity index (χ0n) is 34.8. The number of nitrogens with one attached hydrogen (secondary N) is 2. The first-order chi connectivity index (χ1) is 25.6. The molecule has 0 aliphatic rings. The van der Waals surface area contributed by atoms with Crippen LogP contribution in [-0.2, 0) is 12.8 Å². The number of aromatic amines is 2. The maximum Gasteiger partial charge on any atom is 0.106 e. The average Bonchev–Trinajstić information content (AvgIpc) is 3.72. The van der Waals surface area contributed by atoms with E-state index in [-0.39, 0.29) is 0 Å². The van der Waals surface area contributed by atoms with Gasteiger partial charge in [-0.3, -0.25) is 0 Å². The monoisotopic (exact) mass is 715 g/mol. The number of hydrogen-bond acceptors (Lipinski definition) is 2. The molecule has 0 saturated carbocycles. The van der Waals surface area contributed by atoms with Crippen LogP contribution >= 0.6 is 0 Å². The van der Waals surface area contributed by atoms with Crippen molar-refractivity contribution in [3.8, 4) is 22.5 Å². The van der Waals surface area contributed by atoms with E-state index in [1.54, 1.807) is 0 Å². The Bertz CT molecular complexity index is 1170. The summed E-state index contributed by atoms with van der Waals surface area (Å²) in [7, 11) is 0. The fraction of sp³-hybridized carbons (Fsp3) is 0.750. The summed E-state index contributed by atoms with van der Waals surface area (Å²) < 4.78 is 0. The third-order valence-corrected chi connectivity index (χ3v) is 11.3. The summed E-state index contributed by atoms with van der Waals surface area (Å²) in [6.45, 7) is 8.95. The van der Waals surface area contributed by atoms with Gasteiger partial charge in [0.25, 0.3) is 0 Å². The highest BCUT2D eigenvalue weighted by Gasteiger charge is 2.17. The minimum absolute atomic E-state index is 1.03. The number of imidazole rings is 2. The number of unbranched alkanes of at least 4 members (excludes halogenated alkanes) is 28. The lowest BCUT2D eigenvalue weighted by molar-refractivity contribution is 0.531. The molecule has 2 N–H and O–H groups in total. The van der Waals surface area contributed by atoms with Crippen molar-refractivity contribution >= 4 is 0 Å². The number of aromatic nitrogens is 4. The van der Waals surface area contributed by atoms with Crippen LogP contribution in [0.2, 0.25) is 0 Å². The van der Waals surface area contributed by atoms with Crippen molar-refractivity contribution in [2.45, 2.75) is 233 Å². The van der Waals surface area contributed by atoms with Gasteiger partial charge >= 0.3 is 0 Å². The summed E-state index contributed by atoms with van der Waals surface area (Å²) in [4.78, 5) is 17.5. The van der Waals surface area contributed by atoms with Crippen molar-refractivity contribution in [1.82, 2.24) is 19.9 Å². The van der Waals surface area contributed by atoms with Crippen LogP contribution in [0.3, 0.4) is 0 Å². The fourth-order valence-electron chi connectivity index (χ4n) is 8.03. The van der Waals surface area contributed by atoms with Gasteiger partial charge in [-0.15, -0.1) is 0 Å². The third kappa shape index (κ3) is 18.6. The molecular formula is C48H82N4. The van der Waals surface area contributed by atoms with Crippen LogP contribution in [0.5, 0.6) is 0 Å². The first-order valence-corrected chi connectivity index (χ1v) is 22.8. The van der Waals surface area contributed by atoms with Crippen LogP contribution in [-0.4, -0.2) is 19.9 Å². The highest BCUT2D eigenvalue weighted by molar-refractivity contribution is 5.82. The second kappa shape index (κ2) is 29.1. The highest BCUT2D eigenvalue weighted by atomic mass is 14.9. The molecule has 4 heteroatoms. The van der Waals surface area contributed by atoms with Gasteiger partial charge in [0, 0.05) is 35.4 Å². The Balaban J connectivity index is 1.30. The summed E-state index contributed by atoms with van der Waals surface area (Å²) in [5.74, 6) is 2.26. The maximum atomic E-state index is 5.13. The van der Waals surface area contributed by atoms with Crippen molar-refractivity contribution < 1.29 is 0 Å². The second-order valence-electron chi connectivity index (χ2n) is 16.3. The van der Waals surface area contributed by atoms with Crippen LogP contribution in [0.15, 0.2) is 24.3 Å². The molecule has 52 heavy (non-hydrogen) atoms. The van der Waals surface area contributed by atoms with Gasteiger partial charge in [0.15, 0.2) is 0 Å². The molecule has 0 fully saturated rings. The first kappa shape index (κ1) is 44.0. The van der Waals surface area contributed by atoms with Gasteiger partial charge in [0.1, 0.15) is 11.6 Å². The molecular weight excluding hydrogens is 633 g/mol. The van der Waals surface area contributed by atoms with E-state index in [1.165, 1.54) is 204 Å². The quantitative estimate of drug-likeness (QED) is 0.0605.